The van der Waals surface area contributed by atoms with E-state index in [9.17, 15) is 13.2 Å². The molecule has 1 aliphatic rings. The number of nitrogens with one attached hydrogen (secondary N) is 1. The van der Waals surface area contributed by atoms with Crippen LogP contribution in [0.3, 0.4) is 0 Å². The highest BCUT2D eigenvalue weighted by atomic mass is 32.2. The highest BCUT2D eigenvalue weighted by molar-refractivity contribution is 7.89. The van der Waals surface area contributed by atoms with Crippen LogP contribution in [-0.4, -0.2) is 52.4 Å². The van der Waals surface area contributed by atoms with E-state index in [1.165, 1.54) is 14.2 Å². The molecule has 1 heterocycles. The summed E-state index contributed by atoms with van der Waals surface area (Å²) >= 11 is 0. The van der Waals surface area contributed by atoms with E-state index in [4.69, 9.17) is 9.47 Å². The van der Waals surface area contributed by atoms with Crippen LogP contribution in [0.1, 0.15) is 30.1 Å². The average Bonchev–Trinajstić information content (AvgIpc) is 2.77. The first-order valence-corrected chi connectivity index (χ1v) is 11.4. The van der Waals surface area contributed by atoms with Crippen LogP contribution in [0.4, 0.5) is 5.69 Å². The molecule has 1 saturated heterocycles. The van der Waals surface area contributed by atoms with Gasteiger partial charge >= 0.3 is 0 Å². The molecule has 162 valence electrons. The van der Waals surface area contributed by atoms with Crippen LogP contribution in [0, 0.1) is 5.92 Å². The summed E-state index contributed by atoms with van der Waals surface area (Å²) in [5.41, 5.74) is 1.17. The first-order valence-electron chi connectivity index (χ1n) is 9.94. The van der Waals surface area contributed by atoms with Gasteiger partial charge in [0.15, 0.2) is 17.3 Å². The molecule has 0 bridgehead atoms. The van der Waals surface area contributed by atoms with E-state index in [1.807, 2.05) is 0 Å². The Hall–Kier alpha value is -2.58. The van der Waals surface area contributed by atoms with Crippen molar-refractivity contribution >= 4 is 21.5 Å². The monoisotopic (exact) mass is 432 g/mol. The Labute approximate surface area is 178 Å². The zero-order valence-electron chi connectivity index (χ0n) is 17.6. The Bertz CT molecular complexity index is 981. The number of ketones is 1. The smallest absolute Gasteiger partial charge is 0.243 e. The number of hydrogen-bond donors (Lipinski definition) is 1. The highest BCUT2D eigenvalue weighted by Crippen LogP contribution is 2.28. The average molecular weight is 433 g/mol. The number of nitrogens with zero attached hydrogens (tertiary/aromatic N) is 1. The number of carbonyl (C=O) groups is 1. The summed E-state index contributed by atoms with van der Waals surface area (Å²) in [6, 6.07) is 11.5. The Morgan fingerprint density at radius 3 is 2.27 bits per heavy atom. The molecule has 0 radical (unpaired) electrons. The molecular weight excluding hydrogens is 404 g/mol. The maximum atomic E-state index is 12.8. The molecule has 3 rings (SSSR count). The molecule has 1 N–H and O–H groups in total. The third-order valence-electron chi connectivity index (χ3n) is 5.39. The van der Waals surface area contributed by atoms with E-state index >= 15 is 0 Å². The van der Waals surface area contributed by atoms with Crippen molar-refractivity contribution in [3.05, 3.63) is 48.0 Å². The molecule has 1 fully saturated rings. The predicted molar refractivity (Wildman–Crippen MR) is 116 cm³/mol. The molecule has 0 amide bonds. The van der Waals surface area contributed by atoms with Gasteiger partial charge in [-0.2, -0.15) is 4.31 Å². The molecule has 7 nitrogen and oxygen atoms in total. The lowest BCUT2D eigenvalue weighted by molar-refractivity contribution is 0.101. The predicted octanol–water partition coefficient (Wildman–Crippen LogP) is 3.42. The molecule has 2 aromatic carbocycles. The van der Waals surface area contributed by atoms with Crippen molar-refractivity contribution in [3.8, 4) is 11.5 Å². The van der Waals surface area contributed by atoms with Crippen molar-refractivity contribution in [2.24, 2.45) is 5.92 Å². The topological polar surface area (TPSA) is 84.9 Å². The fourth-order valence-corrected chi connectivity index (χ4v) is 4.88. The van der Waals surface area contributed by atoms with Gasteiger partial charge in [0.1, 0.15) is 0 Å². The zero-order valence-corrected chi connectivity index (χ0v) is 18.4. The summed E-state index contributed by atoms with van der Waals surface area (Å²) in [6.45, 7) is 3.34. The Balaban J connectivity index is 1.62. The van der Waals surface area contributed by atoms with Crippen LogP contribution in [0.5, 0.6) is 11.5 Å². The van der Waals surface area contributed by atoms with Crippen LogP contribution in [0.15, 0.2) is 47.4 Å². The highest BCUT2D eigenvalue weighted by Gasteiger charge is 2.27. The minimum Gasteiger partial charge on any atom is -0.493 e. The van der Waals surface area contributed by atoms with Crippen LogP contribution in [-0.2, 0) is 10.0 Å². The van der Waals surface area contributed by atoms with Gasteiger partial charge in [-0.1, -0.05) is 6.92 Å². The molecule has 0 aliphatic carbocycles. The number of Topliss-reactive ketones (excluding diaryl/α,β-unsaturated/α-hetero) is 1. The van der Waals surface area contributed by atoms with Gasteiger partial charge in [0.25, 0.3) is 0 Å². The Kier molecular flexibility index (Phi) is 6.99. The first-order chi connectivity index (χ1) is 14.3. The second kappa shape index (κ2) is 9.49. The number of sulfonamides is 1. The zero-order chi connectivity index (χ0) is 21.7. The fraction of sp³-hybridized carbons (Fsp3) is 0.409. The Morgan fingerprint density at radius 2 is 1.67 bits per heavy atom. The number of ether oxygens (including phenoxy) is 2. The molecule has 0 aromatic heterocycles. The van der Waals surface area contributed by atoms with Crippen LogP contribution in [0.2, 0.25) is 0 Å². The summed E-state index contributed by atoms with van der Waals surface area (Å²) in [5, 5.41) is 3.04. The number of carbonyl (C=O) groups excluding carboxylic acids is 1. The summed E-state index contributed by atoms with van der Waals surface area (Å²) in [4.78, 5) is 12.8. The number of benzene rings is 2. The number of methoxy groups -OCH3 is 2. The van der Waals surface area contributed by atoms with Crippen molar-refractivity contribution in [2.45, 2.75) is 24.7 Å². The van der Waals surface area contributed by atoms with Crippen molar-refractivity contribution in [1.82, 2.24) is 4.31 Å². The second-order valence-corrected chi connectivity index (χ2v) is 9.40. The number of rotatable bonds is 8. The number of hydrogen-bond acceptors (Lipinski definition) is 6. The lowest BCUT2D eigenvalue weighted by atomic mass is 10.0. The van der Waals surface area contributed by atoms with Gasteiger partial charge in [0.05, 0.1) is 25.7 Å². The standard InChI is InChI=1S/C22H28N2O5S/c1-16-10-12-24(13-11-16)30(26,27)19-7-5-18(6-8-19)23-15-20(25)17-4-9-21(28-2)22(14-17)29-3/h4-9,14,16,23H,10-13,15H2,1-3H3. The van der Waals surface area contributed by atoms with Gasteiger partial charge in [0.2, 0.25) is 10.0 Å². The minimum atomic E-state index is -3.48. The van der Waals surface area contributed by atoms with Gasteiger partial charge in [-0.15, -0.1) is 0 Å². The first kappa shape index (κ1) is 22.1. The number of piperidine rings is 1. The quantitative estimate of drug-likeness (QED) is 0.644. The maximum Gasteiger partial charge on any atom is 0.243 e. The molecule has 0 spiro atoms. The van der Waals surface area contributed by atoms with E-state index in [2.05, 4.69) is 12.2 Å². The van der Waals surface area contributed by atoms with Gasteiger partial charge in [0, 0.05) is 24.3 Å². The van der Waals surface area contributed by atoms with E-state index in [-0.39, 0.29) is 17.2 Å². The van der Waals surface area contributed by atoms with Gasteiger partial charge in [-0.05, 0) is 61.2 Å². The maximum absolute atomic E-state index is 12.8. The van der Waals surface area contributed by atoms with Crippen LogP contribution in [0.25, 0.3) is 0 Å². The summed E-state index contributed by atoms with van der Waals surface area (Å²) in [5.74, 6) is 1.49. The normalized spacial score (nSPS) is 15.6. The Morgan fingerprint density at radius 1 is 1.03 bits per heavy atom. The van der Waals surface area contributed by atoms with Crippen molar-refractivity contribution in [1.29, 1.82) is 0 Å². The second-order valence-electron chi connectivity index (χ2n) is 7.46. The van der Waals surface area contributed by atoms with Crippen LogP contribution < -0.4 is 14.8 Å². The van der Waals surface area contributed by atoms with Gasteiger partial charge in [-0.3, -0.25) is 4.79 Å². The van der Waals surface area contributed by atoms with E-state index in [1.54, 1.807) is 46.8 Å². The van der Waals surface area contributed by atoms with Crippen molar-refractivity contribution in [2.75, 3.05) is 39.2 Å². The molecule has 1 aliphatic heterocycles. The molecule has 2 aromatic rings. The molecule has 0 atom stereocenters. The van der Waals surface area contributed by atoms with E-state index in [0.29, 0.717) is 41.8 Å². The minimum absolute atomic E-state index is 0.0750. The van der Waals surface area contributed by atoms with Crippen molar-refractivity contribution in [3.63, 3.8) is 0 Å². The molecule has 0 unspecified atom stereocenters. The van der Waals surface area contributed by atoms with Crippen molar-refractivity contribution < 1.29 is 22.7 Å². The molecule has 8 heteroatoms. The van der Waals surface area contributed by atoms with E-state index < -0.39 is 10.0 Å². The fourth-order valence-electron chi connectivity index (χ4n) is 3.41. The van der Waals surface area contributed by atoms with Crippen LogP contribution >= 0.6 is 0 Å². The third kappa shape index (κ3) is 4.94. The summed E-state index contributed by atoms with van der Waals surface area (Å²) in [6.07, 6.45) is 1.77. The SMILES string of the molecule is COc1ccc(C(=O)CNc2ccc(S(=O)(=O)N3CCC(C)CC3)cc2)cc1OC. The largest absolute Gasteiger partial charge is 0.493 e. The van der Waals surface area contributed by atoms with Gasteiger partial charge in [-0.25, -0.2) is 8.42 Å². The molecule has 0 saturated carbocycles. The third-order valence-corrected chi connectivity index (χ3v) is 7.31. The van der Waals surface area contributed by atoms with Gasteiger partial charge < -0.3 is 14.8 Å². The number of anilines is 1. The lowest BCUT2D eigenvalue weighted by Crippen LogP contribution is -2.37. The lowest BCUT2D eigenvalue weighted by Gasteiger charge is -2.29. The summed E-state index contributed by atoms with van der Waals surface area (Å²) in [7, 11) is -0.421. The molecule has 30 heavy (non-hydrogen) atoms. The van der Waals surface area contributed by atoms with E-state index in [0.717, 1.165) is 12.8 Å². The summed E-state index contributed by atoms with van der Waals surface area (Å²) < 4.78 is 37.6. The molecular formula is C22H28N2O5S.